The Morgan fingerprint density at radius 1 is 1.21 bits per heavy atom. The van der Waals surface area contributed by atoms with Crippen LogP contribution < -0.4 is 11.5 Å². The van der Waals surface area contributed by atoms with Crippen LogP contribution >= 0.6 is 11.6 Å². The van der Waals surface area contributed by atoms with Crippen molar-refractivity contribution in [1.29, 1.82) is 0 Å². The van der Waals surface area contributed by atoms with Crippen LogP contribution in [0.15, 0.2) is 29.4 Å². The van der Waals surface area contributed by atoms with Crippen molar-refractivity contribution in [1.82, 2.24) is 9.97 Å². The van der Waals surface area contributed by atoms with Gasteiger partial charge in [-0.15, -0.1) is 0 Å². The zero-order chi connectivity index (χ0) is 14.0. The molecule has 0 bridgehead atoms. The van der Waals surface area contributed by atoms with E-state index in [1.807, 2.05) is 0 Å². The first-order valence-electron chi connectivity index (χ1n) is 5.41. The Morgan fingerprint density at radius 2 is 1.84 bits per heavy atom. The van der Waals surface area contributed by atoms with Crippen LogP contribution in [0.1, 0.15) is 12.6 Å². The number of oxime groups is 1. The average molecular weight is 278 g/mol. The molecule has 0 fully saturated rings. The van der Waals surface area contributed by atoms with E-state index in [0.29, 0.717) is 22.0 Å². The number of nitrogens with zero attached hydrogens (tertiary/aromatic N) is 3. The van der Waals surface area contributed by atoms with Gasteiger partial charge in [-0.05, 0) is 24.6 Å². The van der Waals surface area contributed by atoms with Gasteiger partial charge >= 0.3 is 0 Å². The zero-order valence-corrected chi connectivity index (χ0v) is 10.9. The minimum atomic E-state index is 0.0215. The topological polar surface area (TPSA) is 110 Å². The molecule has 6 nitrogen and oxygen atoms in total. The Balaban J connectivity index is 2.71. The molecule has 2 aromatic rings. The summed E-state index contributed by atoms with van der Waals surface area (Å²) in [6, 6.07) is 7.01. The van der Waals surface area contributed by atoms with Crippen molar-refractivity contribution in [3.63, 3.8) is 0 Å². The highest BCUT2D eigenvalue weighted by Gasteiger charge is 2.16. The predicted molar refractivity (Wildman–Crippen MR) is 75.3 cm³/mol. The molecule has 0 spiro atoms. The summed E-state index contributed by atoms with van der Waals surface area (Å²) in [7, 11) is 0. The standard InChI is InChI=1S/C12H12ClN5O/c1-6(18-19)10-9(11(14)17-12(15)16-10)7-2-4-8(13)5-3-7/h2-5,19H,1H3,(H4,14,15,16,17)/b18-6-. The lowest BCUT2D eigenvalue weighted by molar-refractivity contribution is 0.319. The highest BCUT2D eigenvalue weighted by Crippen LogP contribution is 2.29. The fraction of sp³-hybridized carbons (Fsp3) is 0.0833. The van der Waals surface area contributed by atoms with E-state index >= 15 is 0 Å². The number of benzene rings is 1. The Labute approximate surface area is 114 Å². The number of nitrogen functional groups attached to an aromatic ring is 2. The molecule has 19 heavy (non-hydrogen) atoms. The first-order chi connectivity index (χ1) is 9.02. The third-order valence-electron chi connectivity index (χ3n) is 2.58. The largest absolute Gasteiger partial charge is 0.411 e. The lowest BCUT2D eigenvalue weighted by Gasteiger charge is -2.11. The summed E-state index contributed by atoms with van der Waals surface area (Å²) in [6.45, 7) is 1.60. The zero-order valence-electron chi connectivity index (χ0n) is 10.1. The van der Waals surface area contributed by atoms with Crippen LogP contribution in [0, 0.1) is 0 Å². The van der Waals surface area contributed by atoms with Crippen LogP contribution in [-0.4, -0.2) is 20.9 Å². The van der Waals surface area contributed by atoms with Crippen molar-refractivity contribution >= 4 is 29.1 Å². The van der Waals surface area contributed by atoms with Crippen molar-refractivity contribution in [3.05, 3.63) is 35.0 Å². The van der Waals surface area contributed by atoms with Crippen LogP contribution in [-0.2, 0) is 0 Å². The van der Waals surface area contributed by atoms with Crippen molar-refractivity contribution in [3.8, 4) is 11.1 Å². The summed E-state index contributed by atoms with van der Waals surface area (Å²) in [5.74, 6) is 0.237. The van der Waals surface area contributed by atoms with E-state index < -0.39 is 0 Å². The van der Waals surface area contributed by atoms with E-state index in [1.165, 1.54) is 0 Å². The monoisotopic (exact) mass is 277 g/mol. The van der Waals surface area contributed by atoms with Crippen LogP contribution in [0.5, 0.6) is 0 Å². The van der Waals surface area contributed by atoms with Gasteiger partial charge in [-0.1, -0.05) is 28.9 Å². The predicted octanol–water partition coefficient (Wildman–Crippen LogP) is 2.16. The molecule has 0 radical (unpaired) electrons. The number of hydrogen-bond donors (Lipinski definition) is 3. The summed E-state index contributed by atoms with van der Waals surface area (Å²) < 4.78 is 0. The molecular weight excluding hydrogens is 266 g/mol. The van der Waals surface area contributed by atoms with Gasteiger partial charge in [0.1, 0.15) is 17.2 Å². The molecule has 0 saturated heterocycles. The fourth-order valence-electron chi connectivity index (χ4n) is 1.71. The van der Waals surface area contributed by atoms with Gasteiger partial charge in [-0.3, -0.25) is 0 Å². The number of nitrogens with two attached hydrogens (primary N) is 2. The van der Waals surface area contributed by atoms with Gasteiger partial charge < -0.3 is 16.7 Å². The summed E-state index contributed by atoms with van der Waals surface area (Å²) >= 11 is 5.85. The van der Waals surface area contributed by atoms with Crippen molar-refractivity contribution in [2.24, 2.45) is 5.16 Å². The number of anilines is 2. The molecule has 0 amide bonds. The molecule has 0 aliphatic rings. The minimum absolute atomic E-state index is 0.0215. The van der Waals surface area contributed by atoms with Crippen LogP contribution in [0.3, 0.4) is 0 Å². The highest BCUT2D eigenvalue weighted by atomic mass is 35.5. The Kier molecular flexibility index (Phi) is 3.52. The van der Waals surface area contributed by atoms with Gasteiger partial charge in [0.05, 0.1) is 5.56 Å². The summed E-state index contributed by atoms with van der Waals surface area (Å²) in [5.41, 5.74) is 13.4. The van der Waals surface area contributed by atoms with Gasteiger partial charge in [-0.25, -0.2) is 4.98 Å². The van der Waals surface area contributed by atoms with Crippen LogP contribution in [0.4, 0.5) is 11.8 Å². The van der Waals surface area contributed by atoms with Gasteiger partial charge in [-0.2, -0.15) is 4.98 Å². The fourth-order valence-corrected chi connectivity index (χ4v) is 1.83. The molecule has 0 unspecified atom stereocenters. The number of aromatic nitrogens is 2. The van der Waals surface area contributed by atoms with E-state index in [2.05, 4.69) is 15.1 Å². The Bertz CT molecular complexity index is 639. The molecule has 1 aromatic carbocycles. The van der Waals surface area contributed by atoms with E-state index in [4.69, 9.17) is 28.3 Å². The lowest BCUT2D eigenvalue weighted by atomic mass is 10.0. The third-order valence-corrected chi connectivity index (χ3v) is 2.83. The smallest absolute Gasteiger partial charge is 0.222 e. The van der Waals surface area contributed by atoms with E-state index in [1.54, 1.807) is 31.2 Å². The van der Waals surface area contributed by atoms with Crippen molar-refractivity contribution in [2.75, 3.05) is 11.5 Å². The Hall–Kier alpha value is -2.34. The highest BCUT2D eigenvalue weighted by molar-refractivity contribution is 6.30. The van der Waals surface area contributed by atoms with Crippen LogP contribution in [0.2, 0.25) is 5.02 Å². The normalized spacial score (nSPS) is 11.6. The second kappa shape index (κ2) is 5.11. The second-order valence-electron chi connectivity index (χ2n) is 3.88. The first kappa shape index (κ1) is 13.1. The summed E-state index contributed by atoms with van der Waals surface area (Å²) in [5, 5.41) is 12.6. The molecule has 7 heteroatoms. The van der Waals surface area contributed by atoms with Gasteiger partial charge in [0.25, 0.3) is 0 Å². The molecule has 1 aromatic heterocycles. The first-order valence-corrected chi connectivity index (χ1v) is 5.78. The minimum Gasteiger partial charge on any atom is -0.411 e. The SMILES string of the molecule is C/C(=N/O)c1nc(N)nc(N)c1-c1ccc(Cl)cc1. The molecule has 2 rings (SSSR count). The number of hydrogen-bond acceptors (Lipinski definition) is 6. The van der Waals surface area contributed by atoms with E-state index in [9.17, 15) is 0 Å². The molecule has 0 saturated carbocycles. The molecule has 5 N–H and O–H groups in total. The van der Waals surface area contributed by atoms with E-state index in [-0.39, 0.29) is 11.8 Å². The maximum absolute atomic E-state index is 8.91. The maximum Gasteiger partial charge on any atom is 0.222 e. The molecule has 0 aliphatic carbocycles. The summed E-state index contributed by atoms with van der Waals surface area (Å²) in [4.78, 5) is 7.99. The average Bonchev–Trinajstić information content (AvgIpc) is 2.38. The van der Waals surface area contributed by atoms with E-state index in [0.717, 1.165) is 5.56 Å². The quantitative estimate of drug-likeness (QED) is 0.442. The molecule has 0 atom stereocenters. The van der Waals surface area contributed by atoms with Crippen molar-refractivity contribution < 1.29 is 5.21 Å². The van der Waals surface area contributed by atoms with Crippen LogP contribution in [0.25, 0.3) is 11.1 Å². The van der Waals surface area contributed by atoms with Gasteiger partial charge in [0, 0.05) is 5.02 Å². The molecule has 98 valence electrons. The lowest BCUT2D eigenvalue weighted by Crippen LogP contribution is -2.10. The van der Waals surface area contributed by atoms with Gasteiger partial charge in [0.2, 0.25) is 5.95 Å². The second-order valence-corrected chi connectivity index (χ2v) is 4.32. The molecule has 0 aliphatic heterocycles. The molecular formula is C12H12ClN5O. The van der Waals surface area contributed by atoms with Gasteiger partial charge in [0.15, 0.2) is 0 Å². The number of rotatable bonds is 2. The summed E-state index contributed by atoms with van der Waals surface area (Å²) in [6.07, 6.45) is 0. The maximum atomic E-state index is 8.91. The van der Waals surface area contributed by atoms with Crippen molar-refractivity contribution in [2.45, 2.75) is 6.92 Å². The molecule has 1 heterocycles. The Morgan fingerprint density at radius 3 is 2.42 bits per heavy atom. The third kappa shape index (κ3) is 2.58. The number of halogens is 1.